The van der Waals surface area contributed by atoms with Gasteiger partial charge in [-0.15, -0.1) is 0 Å². The first-order valence-corrected chi connectivity index (χ1v) is 13.5. The van der Waals surface area contributed by atoms with E-state index >= 15 is 0 Å². The molecule has 2 saturated carbocycles. The highest BCUT2D eigenvalue weighted by Gasteiger charge is 2.26. The van der Waals surface area contributed by atoms with Gasteiger partial charge in [-0.25, -0.2) is 13.2 Å². The fourth-order valence-electron chi connectivity index (χ4n) is 5.56. The third-order valence-electron chi connectivity index (χ3n) is 7.49. The molecule has 0 N–H and O–H groups in total. The fraction of sp³-hybridized carbons (Fsp3) is 0.750. The van der Waals surface area contributed by atoms with Crippen LogP contribution in [0.15, 0.2) is 12.1 Å². The van der Waals surface area contributed by atoms with Crippen molar-refractivity contribution in [2.75, 3.05) is 0 Å². The summed E-state index contributed by atoms with van der Waals surface area (Å²) in [7, 11) is 0.182. The summed E-state index contributed by atoms with van der Waals surface area (Å²) in [4.78, 5) is 0. The predicted molar refractivity (Wildman–Crippen MR) is 114 cm³/mol. The molecule has 0 heterocycles. The number of hydrogen-bond donors (Lipinski definition) is 0. The van der Waals surface area contributed by atoms with Crippen LogP contribution in [-0.4, -0.2) is 9.52 Å². The van der Waals surface area contributed by atoms with Gasteiger partial charge in [0.15, 0.2) is 17.5 Å². The fourth-order valence-corrected chi connectivity index (χ4v) is 7.97. The highest BCUT2D eigenvalue weighted by Crippen LogP contribution is 2.41. The molecule has 0 nitrogen and oxygen atoms in total. The third kappa shape index (κ3) is 6.11. The van der Waals surface area contributed by atoms with E-state index in [1.807, 2.05) is 0 Å². The SMILES string of the molecule is CCCC[SiH2]C1CCC(CCC2CCC(c3cc(F)c(F)c(F)c3)CC2)CC1. The average molecular weight is 411 g/mol. The van der Waals surface area contributed by atoms with E-state index in [1.165, 1.54) is 63.5 Å². The van der Waals surface area contributed by atoms with Gasteiger partial charge in [0.05, 0.1) is 0 Å². The molecule has 0 amide bonds. The van der Waals surface area contributed by atoms with Gasteiger partial charge in [0, 0.05) is 9.52 Å². The lowest BCUT2D eigenvalue weighted by Gasteiger charge is -2.32. The van der Waals surface area contributed by atoms with Gasteiger partial charge >= 0.3 is 0 Å². The third-order valence-corrected chi connectivity index (χ3v) is 10.0. The van der Waals surface area contributed by atoms with Gasteiger partial charge in [-0.05, 0) is 61.1 Å². The van der Waals surface area contributed by atoms with Gasteiger partial charge in [0.2, 0.25) is 0 Å². The second-order valence-electron chi connectivity index (χ2n) is 9.48. The molecule has 0 aliphatic heterocycles. The van der Waals surface area contributed by atoms with E-state index in [1.54, 1.807) is 6.04 Å². The molecular weight excluding hydrogens is 373 g/mol. The lowest BCUT2D eigenvalue weighted by Crippen LogP contribution is -2.18. The molecule has 2 aliphatic carbocycles. The molecule has 1 aromatic rings. The normalized spacial score (nSPS) is 28.9. The van der Waals surface area contributed by atoms with Crippen molar-refractivity contribution in [2.45, 2.75) is 101 Å². The Balaban J connectivity index is 1.35. The van der Waals surface area contributed by atoms with Gasteiger partial charge < -0.3 is 0 Å². The van der Waals surface area contributed by atoms with Crippen molar-refractivity contribution < 1.29 is 13.2 Å². The van der Waals surface area contributed by atoms with E-state index in [0.717, 1.165) is 43.1 Å². The highest BCUT2D eigenvalue weighted by atomic mass is 28.2. The Morgan fingerprint density at radius 1 is 0.821 bits per heavy atom. The maximum absolute atomic E-state index is 13.5. The molecule has 3 rings (SSSR count). The summed E-state index contributed by atoms with van der Waals surface area (Å²) in [6, 6.07) is 3.95. The summed E-state index contributed by atoms with van der Waals surface area (Å²) in [5.41, 5.74) is 1.76. The zero-order valence-corrected chi connectivity index (χ0v) is 18.9. The van der Waals surface area contributed by atoms with E-state index < -0.39 is 17.5 Å². The maximum atomic E-state index is 13.5. The van der Waals surface area contributed by atoms with Gasteiger partial charge in [0.25, 0.3) is 0 Å². The first kappa shape index (κ1) is 21.9. The quantitative estimate of drug-likeness (QED) is 0.236. The molecule has 0 unspecified atom stereocenters. The predicted octanol–water partition coefficient (Wildman–Crippen LogP) is 7.52. The van der Waals surface area contributed by atoms with Crippen LogP contribution in [0.3, 0.4) is 0 Å². The minimum atomic E-state index is -1.35. The molecule has 2 fully saturated rings. The lowest BCUT2D eigenvalue weighted by atomic mass is 9.75. The van der Waals surface area contributed by atoms with Crippen molar-refractivity contribution in [3.63, 3.8) is 0 Å². The van der Waals surface area contributed by atoms with E-state index in [-0.39, 0.29) is 15.4 Å². The topological polar surface area (TPSA) is 0 Å². The van der Waals surface area contributed by atoms with Crippen molar-refractivity contribution in [2.24, 2.45) is 11.8 Å². The molecule has 4 heteroatoms. The standard InChI is InChI=1S/C24H37F3Si/c1-2-3-14-28-21-12-8-18(9-13-21)5-4-17-6-10-19(11-7-17)20-15-22(25)24(27)23(26)16-20/h15-19,21H,2-14,28H2,1H3. The van der Waals surface area contributed by atoms with E-state index in [2.05, 4.69) is 6.92 Å². The molecule has 0 spiro atoms. The van der Waals surface area contributed by atoms with Crippen LogP contribution in [0, 0.1) is 29.3 Å². The summed E-state index contributed by atoms with van der Waals surface area (Å²) in [5, 5.41) is 0. The van der Waals surface area contributed by atoms with Crippen molar-refractivity contribution in [1.82, 2.24) is 0 Å². The van der Waals surface area contributed by atoms with Crippen LogP contribution in [-0.2, 0) is 0 Å². The van der Waals surface area contributed by atoms with Crippen molar-refractivity contribution in [1.29, 1.82) is 0 Å². The van der Waals surface area contributed by atoms with Crippen LogP contribution >= 0.6 is 0 Å². The Morgan fingerprint density at radius 3 is 1.89 bits per heavy atom. The zero-order valence-electron chi connectivity index (χ0n) is 17.5. The Bertz CT molecular complexity index is 579. The van der Waals surface area contributed by atoms with Crippen LogP contribution in [0.5, 0.6) is 0 Å². The van der Waals surface area contributed by atoms with Crippen molar-refractivity contribution >= 4 is 9.52 Å². The molecule has 0 aromatic heterocycles. The van der Waals surface area contributed by atoms with Crippen molar-refractivity contribution in [3.05, 3.63) is 35.1 Å². The zero-order chi connectivity index (χ0) is 19.9. The molecule has 28 heavy (non-hydrogen) atoms. The monoisotopic (exact) mass is 410 g/mol. The van der Waals surface area contributed by atoms with Crippen molar-refractivity contribution in [3.8, 4) is 0 Å². The maximum Gasteiger partial charge on any atom is 0.194 e. The summed E-state index contributed by atoms with van der Waals surface area (Å²) in [6.45, 7) is 2.30. The Kier molecular flexibility index (Phi) is 8.49. The molecule has 0 atom stereocenters. The smallest absolute Gasteiger partial charge is 0.194 e. The second-order valence-corrected chi connectivity index (χ2v) is 11.9. The first-order chi connectivity index (χ1) is 13.6. The second kappa shape index (κ2) is 10.8. The van der Waals surface area contributed by atoms with Crippen LogP contribution in [0.4, 0.5) is 13.2 Å². The Hall–Kier alpha value is -0.773. The summed E-state index contributed by atoms with van der Waals surface area (Å²) in [6.07, 6.45) is 15.6. The van der Waals surface area contributed by atoms with Crippen LogP contribution in [0.2, 0.25) is 11.6 Å². The minimum Gasteiger partial charge on any atom is -0.204 e. The van der Waals surface area contributed by atoms with E-state index in [4.69, 9.17) is 0 Å². The van der Waals surface area contributed by atoms with Gasteiger partial charge in [0.1, 0.15) is 0 Å². The van der Waals surface area contributed by atoms with Gasteiger partial charge in [-0.2, -0.15) is 0 Å². The molecule has 0 bridgehead atoms. The number of benzene rings is 1. The number of unbranched alkanes of at least 4 members (excludes halogenated alkanes) is 1. The largest absolute Gasteiger partial charge is 0.204 e. The Morgan fingerprint density at radius 2 is 1.36 bits per heavy atom. The van der Waals surface area contributed by atoms with E-state index in [0.29, 0.717) is 5.56 Å². The average Bonchev–Trinajstić information content (AvgIpc) is 2.71. The minimum absolute atomic E-state index is 0.182. The molecule has 0 saturated heterocycles. The van der Waals surface area contributed by atoms with Crippen LogP contribution < -0.4 is 0 Å². The molecular formula is C24H37F3Si. The first-order valence-electron chi connectivity index (χ1n) is 11.7. The summed E-state index contributed by atoms with van der Waals surface area (Å²) < 4.78 is 40.2. The Labute approximate surface area is 171 Å². The van der Waals surface area contributed by atoms with Gasteiger partial charge in [-0.3, -0.25) is 0 Å². The van der Waals surface area contributed by atoms with Crippen LogP contribution in [0.1, 0.15) is 95.5 Å². The van der Waals surface area contributed by atoms with Crippen LogP contribution in [0.25, 0.3) is 0 Å². The number of halogens is 3. The van der Waals surface area contributed by atoms with E-state index in [9.17, 15) is 13.2 Å². The number of rotatable bonds is 8. The molecule has 2 aliphatic rings. The summed E-state index contributed by atoms with van der Waals surface area (Å²) >= 11 is 0. The summed E-state index contributed by atoms with van der Waals surface area (Å²) in [5.74, 6) is -1.56. The highest BCUT2D eigenvalue weighted by molar-refractivity contribution is 6.37. The molecule has 0 radical (unpaired) electrons. The molecule has 158 valence electrons. The lowest BCUT2D eigenvalue weighted by molar-refractivity contribution is 0.260. The molecule has 1 aromatic carbocycles. The number of hydrogen-bond acceptors (Lipinski definition) is 0. The van der Waals surface area contributed by atoms with Gasteiger partial charge in [-0.1, -0.05) is 69.9 Å².